The van der Waals surface area contributed by atoms with Crippen LogP contribution >= 0.6 is 0 Å². The van der Waals surface area contributed by atoms with Crippen molar-refractivity contribution in [3.63, 3.8) is 0 Å². The SMILES string of the molecule is NC(=O)[C@@H]1CC(=O)NCCCC[C@@H](NC(=O)[C@@H](N)Cc2ccc(O)cc2)C(=O)N[C@@H](Cc2ccc(F)cc2)C(=O)N[C@@H](Cc2ccccc2)C(=O)N1. The smallest absolute Gasteiger partial charge is 0.243 e. The molecular weight excluding hydrogens is 673 g/mol. The fourth-order valence-corrected chi connectivity index (χ4v) is 5.65. The van der Waals surface area contributed by atoms with Gasteiger partial charge in [-0.15, -0.1) is 0 Å². The van der Waals surface area contributed by atoms with Gasteiger partial charge in [0, 0.05) is 19.4 Å². The number of carbonyl (C=O) groups is 6. The molecule has 10 N–H and O–H groups in total. The Kier molecular flexibility index (Phi) is 14.2. The molecule has 3 aromatic carbocycles. The second kappa shape index (κ2) is 19.0. The third kappa shape index (κ3) is 12.2. The molecule has 1 heterocycles. The molecule has 15 heteroatoms. The van der Waals surface area contributed by atoms with Crippen molar-refractivity contribution in [3.8, 4) is 5.75 Å². The molecule has 0 saturated carbocycles. The number of amides is 6. The van der Waals surface area contributed by atoms with E-state index in [1.807, 2.05) is 0 Å². The van der Waals surface area contributed by atoms with Crippen LogP contribution in [0.5, 0.6) is 5.75 Å². The Hall–Kier alpha value is -5.83. The van der Waals surface area contributed by atoms with E-state index in [1.54, 1.807) is 42.5 Å². The van der Waals surface area contributed by atoms with Gasteiger partial charge in [0.2, 0.25) is 35.4 Å². The highest BCUT2D eigenvalue weighted by atomic mass is 19.1. The van der Waals surface area contributed by atoms with Crippen molar-refractivity contribution in [2.24, 2.45) is 11.5 Å². The van der Waals surface area contributed by atoms with Crippen LogP contribution in [0.2, 0.25) is 0 Å². The number of hydrogen-bond acceptors (Lipinski definition) is 8. The predicted octanol–water partition coefficient (Wildman–Crippen LogP) is 0.00120. The van der Waals surface area contributed by atoms with Gasteiger partial charge in [-0.05, 0) is 66.6 Å². The van der Waals surface area contributed by atoms with E-state index in [2.05, 4.69) is 26.6 Å². The van der Waals surface area contributed by atoms with Crippen molar-refractivity contribution >= 4 is 35.4 Å². The number of aromatic hydroxyl groups is 1. The van der Waals surface area contributed by atoms with Crippen molar-refractivity contribution < 1.29 is 38.3 Å². The molecule has 0 unspecified atom stereocenters. The molecule has 1 aliphatic rings. The highest BCUT2D eigenvalue weighted by Crippen LogP contribution is 2.13. The van der Waals surface area contributed by atoms with Gasteiger partial charge in [0.15, 0.2) is 0 Å². The monoisotopic (exact) mass is 717 g/mol. The lowest BCUT2D eigenvalue weighted by molar-refractivity contribution is -0.135. The third-order valence-electron chi connectivity index (χ3n) is 8.55. The fraction of sp³-hybridized carbons (Fsp3) is 0.351. The third-order valence-corrected chi connectivity index (χ3v) is 8.55. The Labute approximate surface area is 300 Å². The van der Waals surface area contributed by atoms with Crippen molar-refractivity contribution in [2.45, 2.75) is 75.2 Å². The van der Waals surface area contributed by atoms with Crippen LogP contribution in [0.25, 0.3) is 0 Å². The maximum atomic E-state index is 14.0. The van der Waals surface area contributed by atoms with Gasteiger partial charge in [0.25, 0.3) is 0 Å². The van der Waals surface area contributed by atoms with E-state index < -0.39 is 77.9 Å². The minimum atomic E-state index is -1.38. The summed E-state index contributed by atoms with van der Waals surface area (Å²) in [5, 5.41) is 22.8. The van der Waals surface area contributed by atoms with E-state index in [4.69, 9.17) is 11.5 Å². The summed E-state index contributed by atoms with van der Waals surface area (Å²) in [6.07, 6.45) is 0.348. The van der Waals surface area contributed by atoms with Crippen LogP contribution in [0.4, 0.5) is 4.39 Å². The van der Waals surface area contributed by atoms with Crippen LogP contribution in [0.1, 0.15) is 42.4 Å². The largest absolute Gasteiger partial charge is 0.508 e. The van der Waals surface area contributed by atoms with Crippen LogP contribution in [-0.2, 0) is 48.0 Å². The lowest BCUT2D eigenvalue weighted by Gasteiger charge is -2.27. The molecule has 1 aliphatic heterocycles. The van der Waals surface area contributed by atoms with Gasteiger partial charge in [-0.25, -0.2) is 4.39 Å². The number of rotatable bonds is 9. The van der Waals surface area contributed by atoms with Crippen molar-refractivity contribution in [2.75, 3.05) is 6.54 Å². The molecule has 0 bridgehead atoms. The van der Waals surface area contributed by atoms with E-state index in [0.717, 1.165) is 0 Å². The van der Waals surface area contributed by atoms with Crippen LogP contribution in [0, 0.1) is 5.82 Å². The summed E-state index contributed by atoms with van der Waals surface area (Å²) >= 11 is 0. The first-order chi connectivity index (χ1) is 24.9. The van der Waals surface area contributed by atoms with Gasteiger partial charge in [-0.3, -0.25) is 28.8 Å². The number of benzene rings is 3. The quantitative estimate of drug-likeness (QED) is 0.150. The zero-order valence-electron chi connectivity index (χ0n) is 28.5. The maximum Gasteiger partial charge on any atom is 0.243 e. The Morgan fingerprint density at radius 3 is 2.00 bits per heavy atom. The summed E-state index contributed by atoms with van der Waals surface area (Å²) in [5.41, 5.74) is 13.6. The van der Waals surface area contributed by atoms with Crippen molar-refractivity contribution in [1.82, 2.24) is 26.6 Å². The van der Waals surface area contributed by atoms with E-state index in [0.29, 0.717) is 29.5 Å². The molecule has 52 heavy (non-hydrogen) atoms. The van der Waals surface area contributed by atoms with Crippen molar-refractivity contribution in [1.29, 1.82) is 0 Å². The first-order valence-electron chi connectivity index (χ1n) is 17.0. The number of carbonyl (C=O) groups excluding carboxylic acids is 6. The second-order valence-corrected chi connectivity index (χ2v) is 12.7. The molecule has 5 atom stereocenters. The molecule has 1 saturated heterocycles. The highest BCUT2D eigenvalue weighted by molar-refractivity contribution is 5.97. The zero-order chi connectivity index (χ0) is 37.6. The molecule has 276 valence electrons. The van der Waals surface area contributed by atoms with E-state index in [9.17, 15) is 38.3 Å². The lowest BCUT2D eigenvalue weighted by atomic mass is 10.0. The summed E-state index contributed by atoms with van der Waals surface area (Å²) in [6, 6.07) is 14.0. The molecule has 3 aromatic rings. The van der Waals surface area contributed by atoms with Gasteiger partial charge in [0.1, 0.15) is 35.7 Å². The van der Waals surface area contributed by atoms with Crippen LogP contribution in [0.3, 0.4) is 0 Å². The first-order valence-corrected chi connectivity index (χ1v) is 17.0. The number of halogens is 1. The van der Waals surface area contributed by atoms with Gasteiger partial charge in [-0.2, -0.15) is 0 Å². The number of nitrogens with two attached hydrogens (primary N) is 2. The van der Waals surface area contributed by atoms with Gasteiger partial charge in [-0.1, -0.05) is 54.6 Å². The van der Waals surface area contributed by atoms with Crippen molar-refractivity contribution in [3.05, 3.63) is 101 Å². The van der Waals surface area contributed by atoms with Gasteiger partial charge >= 0.3 is 0 Å². The molecule has 1 fully saturated rings. The maximum absolute atomic E-state index is 14.0. The number of hydrogen-bond donors (Lipinski definition) is 8. The molecule has 0 aromatic heterocycles. The Morgan fingerprint density at radius 1 is 0.788 bits per heavy atom. The first kappa shape index (κ1) is 39.0. The highest BCUT2D eigenvalue weighted by Gasteiger charge is 2.32. The van der Waals surface area contributed by atoms with Crippen LogP contribution in [0.15, 0.2) is 78.9 Å². The zero-order valence-corrected chi connectivity index (χ0v) is 28.5. The van der Waals surface area contributed by atoms with E-state index >= 15 is 0 Å². The average Bonchev–Trinajstić information content (AvgIpc) is 3.11. The number of nitrogens with one attached hydrogen (secondary N) is 5. The summed E-state index contributed by atoms with van der Waals surface area (Å²) in [5.74, 6) is -4.88. The molecule has 6 amide bonds. The molecule has 14 nitrogen and oxygen atoms in total. The molecule has 4 rings (SSSR count). The van der Waals surface area contributed by atoms with E-state index in [-0.39, 0.29) is 38.0 Å². The molecule has 0 aliphatic carbocycles. The topological polar surface area (TPSA) is 235 Å². The second-order valence-electron chi connectivity index (χ2n) is 12.7. The normalized spacial score (nSPS) is 21.3. The Balaban J connectivity index is 1.63. The average molecular weight is 718 g/mol. The summed E-state index contributed by atoms with van der Waals surface area (Å²) in [7, 11) is 0. The molecule has 0 spiro atoms. The standard InChI is InChI=1S/C37H44FN7O7/c38-25-13-9-24(10-14-25)20-31-37(52)45-30(19-22-6-2-1-3-7-22)36(51)43-29(33(40)48)21-32(47)41-17-5-4-8-28(35(50)44-31)42-34(49)27(39)18-23-11-15-26(46)16-12-23/h1-3,6-7,9-16,27-31,46H,4-5,8,17-21,39H2,(H2,40,48)(H,41,47)(H,42,49)(H,43,51)(H,44,50)(H,45,52)/t27-,28+,29-,30-,31-/m0/s1. The number of phenols is 1. The fourth-order valence-electron chi connectivity index (χ4n) is 5.65. The van der Waals surface area contributed by atoms with Gasteiger partial charge in [0.05, 0.1) is 12.5 Å². The lowest BCUT2D eigenvalue weighted by Crippen LogP contribution is -2.59. The summed E-state index contributed by atoms with van der Waals surface area (Å²) in [4.78, 5) is 79.7. The number of phenolic OH excluding ortho intramolecular Hbond substituents is 1. The Bertz CT molecular complexity index is 1710. The van der Waals surface area contributed by atoms with Crippen LogP contribution in [-0.4, -0.2) is 77.3 Å². The predicted molar refractivity (Wildman–Crippen MR) is 188 cm³/mol. The molecular formula is C37H44FN7O7. The van der Waals surface area contributed by atoms with Crippen LogP contribution < -0.4 is 38.1 Å². The Morgan fingerprint density at radius 2 is 1.37 bits per heavy atom. The summed E-state index contributed by atoms with van der Waals surface area (Å²) in [6.45, 7) is 0.158. The van der Waals surface area contributed by atoms with Gasteiger partial charge < -0.3 is 43.2 Å². The number of primary amides is 1. The molecule has 0 radical (unpaired) electrons. The minimum absolute atomic E-state index is 0.0229. The summed E-state index contributed by atoms with van der Waals surface area (Å²) < 4.78 is 13.8. The minimum Gasteiger partial charge on any atom is -0.508 e. The van der Waals surface area contributed by atoms with E-state index in [1.165, 1.54) is 36.4 Å².